The zero-order valence-electron chi connectivity index (χ0n) is 24.6. The Bertz CT molecular complexity index is 914. The summed E-state index contributed by atoms with van der Waals surface area (Å²) in [5.41, 5.74) is 4.87. The minimum absolute atomic E-state index is 0.579. The minimum Gasteiger partial charge on any atom is -0.501 e. The first-order chi connectivity index (χ1) is 17.9. The average Bonchev–Trinajstić information content (AvgIpc) is 3.13. The number of ether oxygens (including phenoxy) is 3. The van der Waals surface area contributed by atoms with Crippen molar-refractivity contribution in [2.75, 3.05) is 41.0 Å². The molecular formula is C32H50N2O3. The van der Waals surface area contributed by atoms with Gasteiger partial charge in [-0.3, -0.25) is 4.90 Å². The normalized spacial score (nSPS) is 18.5. The molecule has 0 bridgehead atoms. The molecule has 0 atom stereocenters. The first-order valence-electron chi connectivity index (χ1n) is 13.2. The van der Waals surface area contributed by atoms with Gasteiger partial charge in [-0.15, -0.1) is 0 Å². The van der Waals surface area contributed by atoms with E-state index in [1.807, 2.05) is 45.1 Å². The Morgan fingerprint density at radius 3 is 2.49 bits per heavy atom. The fourth-order valence-electron chi connectivity index (χ4n) is 3.65. The fraction of sp³-hybridized carbons (Fsp3) is 0.469. The molecule has 5 heteroatoms. The number of likely N-dealkylation sites (tertiary alicyclic amines) is 1. The van der Waals surface area contributed by atoms with Crippen LogP contribution < -0.4 is 0 Å². The van der Waals surface area contributed by atoms with Crippen LogP contribution in [0.5, 0.6) is 0 Å². The van der Waals surface area contributed by atoms with E-state index in [2.05, 4.69) is 60.9 Å². The van der Waals surface area contributed by atoms with Gasteiger partial charge in [-0.2, -0.15) is 0 Å². The predicted molar refractivity (Wildman–Crippen MR) is 161 cm³/mol. The molecule has 0 aromatic carbocycles. The molecule has 0 unspecified atom stereocenters. The van der Waals surface area contributed by atoms with E-state index in [0.717, 1.165) is 62.3 Å². The molecule has 2 aliphatic rings. The summed E-state index contributed by atoms with van der Waals surface area (Å²) < 4.78 is 15.5. The van der Waals surface area contributed by atoms with Crippen LogP contribution in [0.3, 0.4) is 0 Å². The van der Waals surface area contributed by atoms with Crippen molar-refractivity contribution in [1.29, 1.82) is 0 Å². The van der Waals surface area contributed by atoms with Crippen molar-refractivity contribution in [3.05, 3.63) is 95.7 Å². The van der Waals surface area contributed by atoms with Crippen molar-refractivity contribution in [1.82, 2.24) is 4.90 Å². The molecule has 0 aliphatic carbocycles. The molecule has 0 saturated carbocycles. The van der Waals surface area contributed by atoms with Gasteiger partial charge in [0.25, 0.3) is 0 Å². The van der Waals surface area contributed by atoms with Crippen LogP contribution in [0.2, 0.25) is 0 Å². The zero-order valence-corrected chi connectivity index (χ0v) is 24.6. The van der Waals surface area contributed by atoms with Gasteiger partial charge in [-0.25, -0.2) is 4.99 Å². The Labute approximate surface area is 227 Å². The summed E-state index contributed by atoms with van der Waals surface area (Å²) in [6.07, 6.45) is 20.3. The lowest BCUT2D eigenvalue weighted by Gasteiger charge is -2.30. The summed E-state index contributed by atoms with van der Waals surface area (Å²) in [5, 5.41) is 0. The molecule has 5 nitrogen and oxygen atoms in total. The summed E-state index contributed by atoms with van der Waals surface area (Å²) in [7, 11) is 4.95. The maximum atomic E-state index is 5.95. The number of piperidine rings is 1. The number of hydrogen-bond acceptors (Lipinski definition) is 5. The monoisotopic (exact) mass is 510 g/mol. The molecule has 37 heavy (non-hydrogen) atoms. The molecular weight excluding hydrogens is 460 g/mol. The quantitative estimate of drug-likeness (QED) is 0.232. The molecule has 1 fully saturated rings. The van der Waals surface area contributed by atoms with Crippen molar-refractivity contribution < 1.29 is 14.2 Å². The Morgan fingerprint density at radius 2 is 1.89 bits per heavy atom. The summed E-state index contributed by atoms with van der Waals surface area (Å²) >= 11 is 0. The Morgan fingerprint density at radius 1 is 1.19 bits per heavy atom. The van der Waals surface area contributed by atoms with Crippen LogP contribution in [0, 0.1) is 0 Å². The van der Waals surface area contributed by atoms with Gasteiger partial charge in [0, 0.05) is 33.9 Å². The maximum absolute atomic E-state index is 5.95. The summed E-state index contributed by atoms with van der Waals surface area (Å²) in [4.78, 5) is 7.22. The fourth-order valence-corrected chi connectivity index (χ4v) is 3.65. The van der Waals surface area contributed by atoms with Crippen molar-refractivity contribution in [2.24, 2.45) is 4.99 Å². The van der Waals surface area contributed by atoms with Crippen LogP contribution in [0.25, 0.3) is 0 Å². The van der Waals surface area contributed by atoms with Gasteiger partial charge in [0.2, 0.25) is 5.90 Å². The number of nitrogens with zero attached hydrogens (tertiary/aromatic N) is 2. The van der Waals surface area contributed by atoms with E-state index >= 15 is 0 Å². The lowest BCUT2D eigenvalue weighted by Crippen LogP contribution is -2.33. The van der Waals surface area contributed by atoms with Gasteiger partial charge in [-0.1, -0.05) is 70.7 Å². The highest BCUT2D eigenvalue weighted by atomic mass is 16.5. The molecule has 0 amide bonds. The van der Waals surface area contributed by atoms with Gasteiger partial charge in [-0.05, 0) is 68.1 Å². The molecule has 206 valence electrons. The average molecular weight is 511 g/mol. The summed E-state index contributed by atoms with van der Waals surface area (Å²) in [5.74, 6) is 2.07. The molecule has 2 heterocycles. The highest BCUT2D eigenvalue weighted by molar-refractivity contribution is 5.89. The van der Waals surface area contributed by atoms with E-state index in [9.17, 15) is 0 Å². The molecule has 0 aromatic rings. The summed E-state index contributed by atoms with van der Waals surface area (Å²) in [6.45, 7) is 20.8. The van der Waals surface area contributed by atoms with E-state index in [-0.39, 0.29) is 0 Å². The van der Waals surface area contributed by atoms with Crippen molar-refractivity contribution in [3.63, 3.8) is 0 Å². The second-order valence-electron chi connectivity index (χ2n) is 8.38. The smallest absolute Gasteiger partial charge is 0.219 e. The minimum atomic E-state index is 0.579. The Hall–Kier alpha value is -2.89. The van der Waals surface area contributed by atoms with Crippen LogP contribution in [0.4, 0.5) is 0 Å². The number of allylic oxidation sites excluding steroid dienone is 9. The van der Waals surface area contributed by atoms with E-state index in [1.54, 1.807) is 21.3 Å². The van der Waals surface area contributed by atoms with Gasteiger partial charge in [0.1, 0.15) is 5.76 Å². The standard InChI is InChI=1S/C28H38N2O2.C2H6O.C2H6/c1-7-12-24(8-2)19-23(5)32-28-14-11-10-13-27(29-28)21-30-18-17-25(9-3)26(20-30)16-15-22(4)31-6;1-3-2;1-2/h8-9,11,13-16,19H,2,5,7,10,12,17-18,20-21H2,1,3-4,6H3;1-2H3;1-2H3/b22-15+,24-19+,25-9-,26-16-;;. The number of rotatable bonds is 9. The van der Waals surface area contributed by atoms with Crippen molar-refractivity contribution in [3.8, 4) is 0 Å². The summed E-state index contributed by atoms with van der Waals surface area (Å²) in [6, 6.07) is 0. The van der Waals surface area contributed by atoms with Crippen LogP contribution >= 0.6 is 0 Å². The largest absolute Gasteiger partial charge is 0.501 e. The van der Waals surface area contributed by atoms with Crippen LogP contribution in [0.15, 0.2) is 101 Å². The zero-order chi connectivity index (χ0) is 28.1. The Kier molecular flexibility index (Phi) is 19.6. The molecule has 1 saturated heterocycles. The topological polar surface area (TPSA) is 43.3 Å². The lowest BCUT2D eigenvalue weighted by atomic mass is 9.97. The predicted octanol–water partition coefficient (Wildman–Crippen LogP) is 8.09. The molecule has 2 rings (SSSR count). The van der Waals surface area contributed by atoms with Gasteiger partial charge >= 0.3 is 0 Å². The Balaban J connectivity index is 0.00000241. The number of hydrogen-bond donors (Lipinski definition) is 0. The third-order valence-corrected chi connectivity index (χ3v) is 5.47. The first kappa shape index (κ1) is 34.1. The lowest BCUT2D eigenvalue weighted by molar-refractivity contribution is 0.277. The number of methoxy groups -OCH3 is 2. The third kappa shape index (κ3) is 14.4. The molecule has 2 aliphatic heterocycles. The SMILES string of the molecule is C=C/C(=C\C(=C)OC1=NC(CN2CCC(=C/C)/C(=C\C=C(/C)OC)C2)=CCC=C1)CCC.CC.COC. The van der Waals surface area contributed by atoms with Crippen LogP contribution in [0.1, 0.15) is 60.3 Å². The molecule has 0 aromatic heterocycles. The van der Waals surface area contributed by atoms with Crippen molar-refractivity contribution in [2.45, 2.75) is 60.3 Å². The van der Waals surface area contributed by atoms with Gasteiger partial charge < -0.3 is 14.2 Å². The van der Waals surface area contributed by atoms with E-state index in [0.29, 0.717) is 11.7 Å². The molecule has 0 spiro atoms. The van der Waals surface area contributed by atoms with Crippen LogP contribution in [-0.4, -0.2) is 51.8 Å². The van der Waals surface area contributed by atoms with Crippen molar-refractivity contribution >= 4 is 5.90 Å². The van der Waals surface area contributed by atoms with Gasteiger partial charge in [0.05, 0.1) is 18.6 Å². The number of aliphatic imine (C=N–C) groups is 1. The van der Waals surface area contributed by atoms with E-state index < -0.39 is 0 Å². The highest BCUT2D eigenvalue weighted by Crippen LogP contribution is 2.24. The van der Waals surface area contributed by atoms with Crippen LogP contribution in [-0.2, 0) is 14.2 Å². The van der Waals surface area contributed by atoms with E-state index in [4.69, 9.17) is 14.5 Å². The highest BCUT2D eigenvalue weighted by Gasteiger charge is 2.19. The first-order valence-corrected chi connectivity index (χ1v) is 13.2. The molecule has 0 radical (unpaired) electrons. The van der Waals surface area contributed by atoms with Gasteiger partial charge in [0.15, 0.2) is 0 Å². The maximum Gasteiger partial charge on any atom is 0.219 e. The second kappa shape index (κ2) is 21.2. The van der Waals surface area contributed by atoms with E-state index in [1.165, 1.54) is 11.1 Å². The molecule has 0 N–H and O–H groups in total. The third-order valence-electron chi connectivity index (χ3n) is 5.47. The second-order valence-corrected chi connectivity index (χ2v) is 8.38.